The Labute approximate surface area is 119 Å². The first kappa shape index (κ1) is 14.4. The molecule has 0 amide bonds. The number of hydrogen-bond acceptors (Lipinski definition) is 4. The third kappa shape index (κ3) is 4.25. The molecule has 1 N–H and O–H groups in total. The number of methoxy groups -OCH3 is 1. The fraction of sp³-hybridized carbons (Fsp3) is 0.533. The van der Waals surface area contributed by atoms with Crippen molar-refractivity contribution >= 4 is 22.6 Å². The molecule has 1 aliphatic rings. The number of hydrogen-bond donors (Lipinski definition) is 1. The van der Waals surface area contributed by atoms with Gasteiger partial charge in [-0.1, -0.05) is 36.9 Å². The van der Waals surface area contributed by atoms with Crippen molar-refractivity contribution in [3.05, 3.63) is 29.8 Å². The smallest absolute Gasteiger partial charge is 0.161 e. The van der Waals surface area contributed by atoms with E-state index in [0.29, 0.717) is 11.3 Å². The third-order valence-electron chi connectivity index (χ3n) is 3.16. The monoisotopic (exact) mass is 278 g/mol. The normalized spacial score (nSPS) is 23.0. The summed E-state index contributed by atoms with van der Waals surface area (Å²) in [7, 11) is 1.74. The minimum atomic E-state index is 0.407. The van der Waals surface area contributed by atoms with E-state index in [1.807, 2.05) is 11.8 Å². The largest absolute Gasteiger partial charge is 0.384 e. The summed E-state index contributed by atoms with van der Waals surface area (Å²) in [6.07, 6.45) is 2.07. The number of nitrogens with zero attached hydrogens (tertiary/aromatic N) is 1. The molecule has 4 heteroatoms. The SMILES string of the molecule is COCCc1ccccc1NC1=NC(C)CC(C)S1. The molecule has 2 unspecified atom stereocenters. The number of benzene rings is 1. The Kier molecular flexibility index (Phi) is 5.28. The Morgan fingerprint density at radius 2 is 2.16 bits per heavy atom. The van der Waals surface area contributed by atoms with Crippen LogP contribution in [0.15, 0.2) is 29.3 Å². The van der Waals surface area contributed by atoms with E-state index in [9.17, 15) is 0 Å². The molecular formula is C15H22N2OS. The van der Waals surface area contributed by atoms with Crippen LogP contribution in [0.2, 0.25) is 0 Å². The number of anilines is 1. The number of thioether (sulfide) groups is 1. The van der Waals surface area contributed by atoms with Gasteiger partial charge < -0.3 is 10.1 Å². The van der Waals surface area contributed by atoms with Crippen molar-refractivity contribution < 1.29 is 4.74 Å². The number of rotatable bonds is 4. The van der Waals surface area contributed by atoms with Crippen molar-refractivity contribution in [2.75, 3.05) is 19.0 Å². The van der Waals surface area contributed by atoms with Crippen LogP contribution in [0.25, 0.3) is 0 Å². The second-order valence-electron chi connectivity index (χ2n) is 4.97. The van der Waals surface area contributed by atoms with Gasteiger partial charge in [0.1, 0.15) is 0 Å². The van der Waals surface area contributed by atoms with E-state index in [0.717, 1.165) is 30.3 Å². The minimum Gasteiger partial charge on any atom is -0.384 e. The van der Waals surface area contributed by atoms with Crippen LogP contribution in [0.3, 0.4) is 0 Å². The number of para-hydroxylation sites is 1. The van der Waals surface area contributed by atoms with Crippen LogP contribution in [0, 0.1) is 0 Å². The Bertz CT molecular complexity index is 448. The topological polar surface area (TPSA) is 33.6 Å². The van der Waals surface area contributed by atoms with E-state index in [1.54, 1.807) is 7.11 Å². The van der Waals surface area contributed by atoms with E-state index < -0.39 is 0 Å². The van der Waals surface area contributed by atoms with Crippen LogP contribution < -0.4 is 5.32 Å². The predicted molar refractivity (Wildman–Crippen MR) is 84.2 cm³/mol. The average Bonchev–Trinajstić information content (AvgIpc) is 2.36. The van der Waals surface area contributed by atoms with Crippen molar-refractivity contribution in [1.29, 1.82) is 0 Å². The molecule has 2 rings (SSSR count). The summed E-state index contributed by atoms with van der Waals surface area (Å²) in [5.41, 5.74) is 2.42. The van der Waals surface area contributed by atoms with Gasteiger partial charge in [0.15, 0.2) is 5.17 Å². The van der Waals surface area contributed by atoms with Gasteiger partial charge in [0, 0.05) is 18.0 Å². The summed E-state index contributed by atoms with van der Waals surface area (Å²) in [6.45, 7) is 5.17. The molecule has 1 aliphatic heterocycles. The van der Waals surface area contributed by atoms with Crippen LogP contribution in [0.5, 0.6) is 0 Å². The molecule has 0 saturated heterocycles. The maximum Gasteiger partial charge on any atom is 0.161 e. The minimum absolute atomic E-state index is 0.407. The van der Waals surface area contributed by atoms with Gasteiger partial charge in [0.25, 0.3) is 0 Å². The molecule has 0 aromatic heterocycles. The Balaban J connectivity index is 2.10. The maximum absolute atomic E-state index is 5.16. The van der Waals surface area contributed by atoms with Gasteiger partial charge in [-0.25, -0.2) is 0 Å². The van der Waals surface area contributed by atoms with E-state index in [2.05, 4.69) is 48.4 Å². The van der Waals surface area contributed by atoms with Gasteiger partial charge >= 0.3 is 0 Å². The third-order valence-corrected chi connectivity index (χ3v) is 4.18. The predicted octanol–water partition coefficient (Wildman–Crippen LogP) is 3.56. The Morgan fingerprint density at radius 1 is 1.37 bits per heavy atom. The zero-order valence-corrected chi connectivity index (χ0v) is 12.7. The highest BCUT2D eigenvalue weighted by atomic mass is 32.2. The van der Waals surface area contributed by atoms with Gasteiger partial charge in [-0.2, -0.15) is 0 Å². The van der Waals surface area contributed by atoms with Crippen molar-refractivity contribution in [1.82, 2.24) is 0 Å². The van der Waals surface area contributed by atoms with Gasteiger partial charge in [0.05, 0.1) is 12.6 Å². The van der Waals surface area contributed by atoms with Crippen LogP contribution in [0.1, 0.15) is 25.8 Å². The molecule has 1 aromatic carbocycles. The number of nitrogens with one attached hydrogen (secondary N) is 1. The molecule has 1 heterocycles. The van der Waals surface area contributed by atoms with E-state index in [4.69, 9.17) is 4.74 Å². The van der Waals surface area contributed by atoms with Gasteiger partial charge in [-0.05, 0) is 31.4 Å². The number of aliphatic imine (C=N–C) groups is 1. The molecule has 1 aromatic rings. The molecule has 0 fully saturated rings. The van der Waals surface area contributed by atoms with E-state index >= 15 is 0 Å². The summed E-state index contributed by atoms with van der Waals surface area (Å²) >= 11 is 1.83. The Morgan fingerprint density at radius 3 is 2.89 bits per heavy atom. The van der Waals surface area contributed by atoms with Crippen LogP contribution >= 0.6 is 11.8 Å². The molecule has 0 bridgehead atoms. The molecule has 0 saturated carbocycles. The summed E-state index contributed by atoms with van der Waals surface area (Å²) in [5.74, 6) is 0. The number of amidine groups is 1. The van der Waals surface area contributed by atoms with Gasteiger partial charge in [-0.3, -0.25) is 4.99 Å². The lowest BCUT2D eigenvalue weighted by atomic mass is 10.1. The quantitative estimate of drug-likeness (QED) is 0.914. The molecule has 0 radical (unpaired) electrons. The van der Waals surface area contributed by atoms with E-state index in [1.165, 1.54) is 5.56 Å². The second kappa shape index (κ2) is 6.96. The highest BCUT2D eigenvalue weighted by molar-refractivity contribution is 8.14. The molecule has 19 heavy (non-hydrogen) atoms. The zero-order valence-electron chi connectivity index (χ0n) is 11.8. The van der Waals surface area contributed by atoms with Gasteiger partial charge in [-0.15, -0.1) is 0 Å². The maximum atomic E-state index is 5.16. The summed E-state index contributed by atoms with van der Waals surface area (Å²) in [6, 6.07) is 8.78. The van der Waals surface area contributed by atoms with Crippen molar-refractivity contribution in [3.8, 4) is 0 Å². The fourth-order valence-electron chi connectivity index (χ4n) is 2.25. The lowest BCUT2D eigenvalue weighted by molar-refractivity contribution is 0.202. The highest BCUT2D eigenvalue weighted by Gasteiger charge is 2.18. The standard InChI is InChI=1S/C15H22N2OS/c1-11-10-12(2)19-15(16-11)17-14-7-5-4-6-13(14)8-9-18-3/h4-7,11-12H,8-10H2,1-3H3,(H,16,17). The molecule has 0 aliphatic carbocycles. The molecule has 2 atom stereocenters. The molecule has 3 nitrogen and oxygen atoms in total. The fourth-order valence-corrected chi connectivity index (χ4v) is 3.42. The van der Waals surface area contributed by atoms with E-state index in [-0.39, 0.29) is 0 Å². The average molecular weight is 278 g/mol. The van der Waals surface area contributed by atoms with Crippen molar-refractivity contribution in [2.45, 2.75) is 38.0 Å². The van der Waals surface area contributed by atoms with Crippen molar-refractivity contribution in [3.63, 3.8) is 0 Å². The molecule has 104 valence electrons. The summed E-state index contributed by atoms with van der Waals surface area (Å²) in [5, 5.41) is 5.14. The lowest BCUT2D eigenvalue weighted by Crippen LogP contribution is -2.23. The first-order valence-electron chi connectivity index (χ1n) is 6.77. The first-order valence-corrected chi connectivity index (χ1v) is 7.65. The van der Waals surface area contributed by atoms with Gasteiger partial charge in [0.2, 0.25) is 0 Å². The van der Waals surface area contributed by atoms with Crippen LogP contribution in [-0.2, 0) is 11.2 Å². The zero-order chi connectivity index (χ0) is 13.7. The second-order valence-corrected chi connectivity index (χ2v) is 6.40. The summed E-state index contributed by atoms with van der Waals surface area (Å²) < 4.78 is 5.16. The van der Waals surface area contributed by atoms with Crippen molar-refractivity contribution in [2.24, 2.45) is 4.99 Å². The number of ether oxygens (including phenoxy) is 1. The molecule has 0 spiro atoms. The summed E-state index contributed by atoms with van der Waals surface area (Å²) in [4.78, 5) is 4.69. The molecular weight excluding hydrogens is 256 g/mol. The van der Waals surface area contributed by atoms with Crippen LogP contribution in [-0.4, -0.2) is 30.2 Å². The first-order chi connectivity index (χ1) is 9.19. The van der Waals surface area contributed by atoms with Crippen LogP contribution in [0.4, 0.5) is 5.69 Å². The Hall–Kier alpha value is -1.000. The lowest BCUT2D eigenvalue weighted by Gasteiger charge is -2.23. The highest BCUT2D eigenvalue weighted by Crippen LogP contribution is 2.27.